The van der Waals surface area contributed by atoms with Crippen LogP contribution in [0.25, 0.3) is 0 Å². The molecule has 0 spiro atoms. The van der Waals surface area contributed by atoms with Gasteiger partial charge in [0.2, 0.25) is 0 Å². The molecule has 0 radical (unpaired) electrons. The Hall–Kier alpha value is -3.12. The largest absolute Gasteiger partial charge is 0.495 e. The van der Waals surface area contributed by atoms with Crippen LogP contribution in [0.2, 0.25) is 0 Å². The lowest BCUT2D eigenvalue weighted by Crippen LogP contribution is -2.49. The maximum Gasteiger partial charge on any atom is 0.416 e. The van der Waals surface area contributed by atoms with Crippen molar-refractivity contribution in [2.45, 2.75) is 30.6 Å². The summed E-state index contributed by atoms with van der Waals surface area (Å²) in [5.41, 5.74) is -1.51. The average Bonchev–Trinajstić information content (AvgIpc) is 2.77. The number of alkyl halides is 4. The SMILES string of the molecule is COc1c(C#N)ccc(C2(F)CCOCC2)c1C(=O)N1CC(c2ccc(C(F)(F)F)cc2)C1. The van der Waals surface area contributed by atoms with Crippen molar-refractivity contribution in [1.29, 1.82) is 5.26 Å². The maximum absolute atomic E-state index is 15.9. The highest BCUT2D eigenvalue weighted by molar-refractivity contribution is 6.00. The molecule has 0 unspecified atom stereocenters. The van der Waals surface area contributed by atoms with E-state index in [1.165, 1.54) is 36.3 Å². The standard InChI is InChI=1S/C24H22F4N2O3/c1-32-21-16(12-29)4-7-19(23(25)8-10-33-11-9-23)20(21)22(31)30-13-17(14-30)15-2-5-18(6-3-15)24(26,27)28/h2-7,17H,8-11,13-14H2,1H3. The second-order valence-electron chi connectivity index (χ2n) is 8.29. The Balaban J connectivity index is 1.60. The summed E-state index contributed by atoms with van der Waals surface area (Å²) < 4.78 is 64.9. The monoisotopic (exact) mass is 462 g/mol. The molecule has 0 aliphatic carbocycles. The van der Waals surface area contributed by atoms with Gasteiger partial charge >= 0.3 is 6.18 Å². The van der Waals surface area contributed by atoms with Gasteiger partial charge in [-0.15, -0.1) is 0 Å². The van der Waals surface area contributed by atoms with Gasteiger partial charge in [-0.25, -0.2) is 4.39 Å². The number of hydrogen-bond donors (Lipinski definition) is 0. The number of ether oxygens (including phenoxy) is 2. The number of nitriles is 1. The van der Waals surface area contributed by atoms with E-state index in [0.717, 1.165) is 12.1 Å². The van der Waals surface area contributed by atoms with Gasteiger partial charge in [-0.3, -0.25) is 4.79 Å². The van der Waals surface area contributed by atoms with Gasteiger partial charge in [0.1, 0.15) is 17.5 Å². The van der Waals surface area contributed by atoms with Crippen molar-refractivity contribution in [2.24, 2.45) is 0 Å². The molecule has 0 aromatic heterocycles. The Morgan fingerprint density at radius 1 is 1.15 bits per heavy atom. The van der Waals surface area contributed by atoms with Crippen LogP contribution in [0.5, 0.6) is 5.75 Å². The molecule has 5 nitrogen and oxygen atoms in total. The van der Waals surface area contributed by atoms with E-state index >= 15 is 4.39 Å². The van der Waals surface area contributed by atoms with Crippen LogP contribution in [0.3, 0.4) is 0 Å². The van der Waals surface area contributed by atoms with Crippen LogP contribution in [-0.2, 0) is 16.6 Å². The van der Waals surface area contributed by atoms with E-state index in [9.17, 15) is 23.2 Å². The summed E-state index contributed by atoms with van der Waals surface area (Å²) in [7, 11) is 1.33. The lowest BCUT2D eigenvalue weighted by atomic mass is 9.82. The summed E-state index contributed by atoms with van der Waals surface area (Å²) in [5.74, 6) is -0.570. The first-order valence-electron chi connectivity index (χ1n) is 10.5. The number of carbonyl (C=O) groups is 1. The van der Waals surface area contributed by atoms with Gasteiger partial charge in [0.25, 0.3) is 5.91 Å². The Morgan fingerprint density at radius 3 is 2.33 bits per heavy atom. The second kappa shape index (κ2) is 8.67. The molecule has 1 amide bonds. The van der Waals surface area contributed by atoms with Crippen LogP contribution < -0.4 is 4.74 Å². The van der Waals surface area contributed by atoms with Crippen molar-refractivity contribution in [3.05, 3.63) is 64.2 Å². The first kappa shape index (κ1) is 23.1. The summed E-state index contributed by atoms with van der Waals surface area (Å²) >= 11 is 0. The number of carbonyl (C=O) groups excluding carboxylic acids is 1. The van der Waals surface area contributed by atoms with E-state index < -0.39 is 23.3 Å². The highest BCUT2D eigenvalue weighted by atomic mass is 19.4. The molecular weight excluding hydrogens is 440 g/mol. The normalized spacial score (nSPS) is 18.4. The minimum atomic E-state index is -4.41. The molecule has 2 aliphatic rings. The molecule has 174 valence electrons. The molecule has 0 N–H and O–H groups in total. The third-order valence-corrected chi connectivity index (χ3v) is 6.34. The van der Waals surface area contributed by atoms with Gasteiger partial charge in [-0.1, -0.05) is 18.2 Å². The van der Waals surface area contributed by atoms with Crippen molar-refractivity contribution in [1.82, 2.24) is 4.90 Å². The van der Waals surface area contributed by atoms with E-state index in [2.05, 4.69) is 0 Å². The summed E-state index contributed by atoms with van der Waals surface area (Å²) in [5, 5.41) is 9.45. The Labute approximate surface area is 188 Å². The number of amides is 1. The molecule has 33 heavy (non-hydrogen) atoms. The fourth-order valence-electron chi connectivity index (χ4n) is 4.39. The number of benzene rings is 2. The molecule has 2 aliphatic heterocycles. The fraction of sp³-hybridized carbons (Fsp3) is 0.417. The van der Waals surface area contributed by atoms with Gasteiger partial charge < -0.3 is 14.4 Å². The quantitative estimate of drug-likeness (QED) is 0.613. The summed E-state index contributed by atoms with van der Waals surface area (Å²) in [6, 6.07) is 9.76. The zero-order valence-electron chi connectivity index (χ0n) is 17.9. The minimum absolute atomic E-state index is 0.0202. The molecule has 2 heterocycles. The van der Waals surface area contributed by atoms with Crippen LogP contribution in [0.15, 0.2) is 36.4 Å². The molecule has 0 saturated carbocycles. The Bertz CT molecular complexity index is 1080. The number of likely N-dealkylation sites (tertiary alicyclic amines) is 1. The number of rotatable bonds is 4. The molecule has 0 bridgehead atoms. The number of hydrogen-bond acceptors (Lipinski definition) is 4. The molecule has 2 saturated heterocycles. The Kier molecular flexibility index (Phi) is 6.06. The van der Waals surface area contributed by atoms with Crippen molar-refractivity contribution in [3.8, 4) is 11.8 Å². The summed E-state index contributed by atoms with van der Waals surface area (Å²) in [4.78, 5) is 14.9. The van der Waals surface area contributed by atoms with Gasteiger partial charge in [0.15, 0.2) is 0 Å². The number of halogens is 4. The van der Waals surface area contributed by atoms with Crippen LogP contribution in [0, 0.1) is 11.3 Å². The Morgan fingerprint density at radius 2 is 1.79 bits per heavy atom. The van der Waals surface area contributed by atoms with Crippen LogP contribution >= 0.6 is 0 Å². The smallest absolute Gasteiger partial charge is 0.416 e. The van der Waals surface area contributed by atoms with E-state index in [1.54, 1.807) is 0 Å². The van der Waals surface area contributed by atoms with E-state index in [4.69, 9.17) is 9.47 Å². The minimum Gasteiger partial charge on any atom is -0.495 e. The second-order valence-corrected chi connectivity index (χ2v) is 8.29. The van der Waals surface area contributed by atoms with Gasteiger partial charge in [-0.05, 0) is 23.8 Å². The predicted octanol–water partition coefficient (Wildman–Crippen LogP) is 4.80. The van der Waals surface area contributed by atoms with Gasteiger partial charge in [-0.2, -0.15) is 18.4 Å². The van der Waals surface area contributed by atoms with E-state index in [-0.39, 0.29) is 67.5 Å². The first-order chi connectivity index (χ1) is 15.7. The fourth-order valence-corrected chi connectivity index (χ4v) is 4.39. The van der Waals surface area contributed by atoms with Crippen LogP contribution in [0.1, 0.15) is 51.4 Å². The molecule has 2 aromatic carbocycles. The van der Waals surface area contributed by atoms with Crippen molar-refractivity contribution in [2.75, 3.05) is 33.4 Å². The lowest BCUT2D eigenvalue weighted by Gasteiger charge is -2.41. The van der Waals surface area contributed by atoms with Crippen LogP contribution in [0.4, 0.5) is 17.6 Å². The summed E-state index contributed by atoms with van der Waals surface area (Å²) in [6.07, 6.45) is -4.25. The highest BCUT2D eigenvalue weighted by Crippen LogP contribution is 2.43. The van der Waals surface area contributed by atoms with Gasteiger partial charge in [0.05, 0.1) is 23.8 Å². The third-order valence-electron chi connectivity index (χ3n) is 6.34. The molecule has 4 rings (SSSR count). The average molecular weight is 462 g/mol. The van der Waals surface area contributed by atoms with Crippen LogP contribution in [-0.4, -0.2) is 44.2 Å². The number of methoxy groups -OCH3 is 1. The maximum atomic E-state index is 15.9. The topological polar surface area (TPSA) is 62.6 Å². The van der Waals surface area contributed by atoms with E-state index in [0.29, 0.717) is 5.56 Å². The lowest BCUT2D eigenvalue weighted by molar-refractivity contribution is -0.137. The molecular formula is C24H22F4N2O3. The molecule has 2 aromatic rings. The summed E-state index contributed by atoms with van der Waals surface area (Å²) in [6.45, 7) is 0.969. The zero-order chi connectivity index (χ0) is 23.8. The highest BCUT2D eigenvalue weighted by Gasteiger charge is 2.42. The third kappa shape index (κ3) is 4.27. The number of nitrogens with zero attached hydrogens (tertiary/aromatic N) is 2. The zero-order valence-corrected chi connectivity index (χ0v) is 17.9. The van der Waals surface area contributed by atoms with Crippen molar-refractivity contribution < 1.29 is 31.8 Å². The first-order valence-corrected chi connectivity index (χ1v) is 10.5. The van der Waals surface area contributed by atoms with Gasteiger partial charge in [0, 0.05) is 50.6 Å². The van der Waals surface area contributed by atoms with Crippen molar-refractivity contribution >= 4 is 5.91 Å². The molecule has 9 heteroatoms. The molecule has 2 fully saturated rings. The predicted molar refractivity (Wildman–Crippen MR) is 111 cm³/mol. The molecule has 0 atom stereocenters. The van der Waals surface area contributed by atoms with Crippen molar-refractivity contribution in [3.63, 3.8) is 0 Å². The van der Waals surface area contributed by atoms with E-state index in [1.807, 2.05) is 6.07 Å².